The van der Waals surface area contributed by atoms with E-state index in [1.165, 1.54) is 5.56 Å². The monoisotopic (exact) mass is 384 g/mol. The van der Waals surface area contributed by atoms with E-state index in [4.69, 9.17) is 4.74 Å². The zero-order chi connectivity index (χ0) is 20.3. The number of nitrogens with zero attached hydrogens (tertiary/aromatic N) is 2. The molecule has 2 heterocycles. The van der Waals surface area contributed by atoms with Crippen LogP contribution in [-0.4, -0.2) is 39.2 Å². The maximum absolute atomic E-state index is 12.3. The van der Waals surface area contributed by atoms with E-state index in [2.05, 4.69) is 15.5 Å². The molecule has 1 aromatic carbocycles. The van der Waals surface area contributed by atoms with E-state index in [-0.39, 0.29) is 12.0 Å². The standard InChI is InChI=1S/C21H28N4O3/c1-14-5-7-15(8-6-14)9-10-18(26)22-19-16-11-12-25(13-17(16)23-24-19)20(27)28-21(2,3)4/h5-8H,9-13H2,1-4H3,(H2,22,23,24,26). The van der Waals surface area contributed by atoms with E-state index in [0.717, 1.165) is 16.8 Å². The highest BCUT2D eigenvalue weighted by Crippen LogP contribution is 2.25. The average molecular weight is 384 g/mol. The van der Waals surface area contributed by atoms with E-state index >= 15 is 0 Å². The third kappa shape index (κ3) is 5.12. The Kier molecular flexibility index (Phi) is 5.72. The zero-order valence-electron chi connectivity index (χ0n) is 17.0. The first-order valence-electron chi connectivity index (χ1n) is 9.61. The van der Waals surface area contributed by atoms with Gasteiger partial charge in [-0.1, -0.05) is 29.8 Å². The van der Waals surface area contributed by atoms with Gasteiger partial charge in [-0.25, -0.2) is 4.79 Å². The molecule has 1 aliphatic rings. The second-order valence-corrected chi connectivity index (χ2v) is 8.21. The molecule has 7 heteroatoms. The normalized spacial score (nSPS) is 13.8. The lowest BCUT2D eigenvalue weighted by Gasteiger charge is -2.29. The van der Waals surface area contributed by atoms with Gasteiger partial charge in [-0.15, -0.1) is 0 Å². The lowest BCUT2D eigenvalue weighted by atomic mass is 10.1. The fourth-order valence-corrected chi connectivity index (χ4v) is 3.11. The average Bonchev–Trinajstić information content (AvgIpc) is 3.02. The van der Waals surface area contributed by atoms with Crippen molar-refractivity contribution in [3.63, 3.8) is 0 Å². The second kappa shape index (κ2) is 8.04. The third-order valence-corrected chi connectivity index (χ3v) is 4.60. The number of amides is 2. The number of benzene rings is 1. The second-order valence-electron chi connectivity index (χ2n) is 8.21. The molecule has 1 aliphatic heterocycles. The lowest BCUT2D eigenvalue weighted by Crippen LogP contribution is -2.39. The Bertz CT molecular complexity index is 850. The van der Waals surface area contributed by atoms with Gasteiger partial charge in [0.15, 0.2) is 5.82 Å². The molecule has 2 amide bonds. The molecule has 0 fully saturated rings. The van der Waals surface area contributed by atoms with Gasteiger partial charge in [0.1, 0.15) is 5.60 Å². The number of ether oxygens (including phenoxy) is 1. The summed E-state index contributed by atoms with van der Waals surface area (Å²) in [5.74, 6) is 0.497. The summed E-state index contributed by atoms with van der Waals surface area (Å²) >= 11 is 0. The van der Waals surface area contributed by atoms with Crippen molar-refractivity contribution in [3.05, 3.63) is 46.6 Å². The van der Waals surface area contributed by atoms with Gasteiger partial charge in [0, 0.05) is 18.5 Å². The van der Waals surface area contributed by atoms with Crippen molar-refractivity contribution in [1.29, 1.82) is 0 Å². The Morgan fingerprint density at radius 2 is 1.96 bits per heavy atom. The van der Waals surface area contributed by atoms with Crippen molar-refractivity contribution in [1.82, 2.24) is 15.1 Å². The summed E-state index contributed by atoms with van der Waals surface area (Å²) in [6, 6.07) is 8.19. The van der Waals surface area contributed by atoms with Crippen molar-refractivity contribution in [3.8, 4) is 0 Å². The smallest absolute Gasteiger partial charge is 0.410 e. The van der Waals surface area contributed by atoms with Crippen LogP contribution >= 0.6 is 0 Å². The minimum absolute atomic E-state index is 0.0653. The van der Waals surface area contributed by atoms with Crippen LogP contribution in [0.3, 0.4) is 0 Å². The van der Waals surface area contributed by atoms with E-state index in [9.17, 15) is 9.59 Å². The van der Waals surface area contributed by atoms with E-state index in [1.807, 2.05) is 52.0 Å². The highest BCUT2D eigenvalue weighted by Gasteiger charge is 2.28. The summed E-state index contributed by atoms with van der Waals surface area (Å²) in [7, 11) is 0. The van der Waals surface area contributed by atoms with E-state index in [1.54, 1.807) is 4.90 Å². The lowest BCUT2D eigenvalue weighted by molar-refractivity contribution is -0.116. The first-order chi connectivity index (χ1) is 13.2. The SMILES string of the molecule is Cc1ccc(CCC(=O)Nc2n[nH]c3c2CCN(C(=O)OC(C)(C)C)C3)cc1. The Balaban J connectivity index is 1.55. The van der Waals surface area contributed by atoms with Crippen molar-refractivity contribution in [2.45, 2.75) is 59.1 Å². The first-order valence-corrected chi connectivity index (χ1v) is 9.61. The van der Waals surface area contributed by atoms with Crippen LogP contribution in [0, 0.1) is 6.92 Å². The maximum Gasteiger partial charge on any atom is 0.410 e. The van der Waals surface area contributed by atoms with Crippen LogP contribution in [0.25, 0.3) is 0 Å². The molecule has 150 valence electrons. The van der Waals surface area contributed by atoms with Gasteiger partial charge in [-0.3, -0.25) is 9.89 Å². The molecule has 0 unspecified atom stereocenters. The summed E-state index contributed by atoms with van der Waals surface area (Å²) in [6.07, 6.45) is 1.37. The largest absolute Gasteiger partial charge is 0.444 e. The fourth-order valence-electron chi connectivity index (χ4n) is 3.11. The molecule has 0 saturated heterocycles. The van der Waals surface area contributed by atoms with Crippen LogP contribution in [0.5, 0.6) is 0 Å². The number of nitrogens with one attached hydrogen (secondary N) is 2. The van der Waals surface area contributed by atoms with Crippen LogP contribution in [-0.2, 0) is 28.9 Å². The summed E-state index contributed by atoms with van der Waals surface area (Å²) in [5, 5.41) is 10.1. The van der Waals surface area contributed by atoms with Crippen molar-refractivity contribution < 1.29 is 14.3 Å². The summed E-state index contributed by atoms with van der Waals surface area (Å²) in [5.41, 5.74) is 3.62. The van der Waals surface area contributed by atoms with E-state index < -0.39 is 5.60 Å². The predicted octanol–water partition coefficient (Wildman–Crippen LogP) is 3.58. The van der Waals surface area contributed by atoms with Gasteiger partial charge in [-0.05, 0) is 46.1 Å². The fraction of sp³-hybridized carbons (Fsp3) is 0.476. The molecule has 2 N–H and O–H groups in total. The Labute approximate surface area is 165 Å². The number of anilines is 1. The third-order valence-electron chi connectivity index (χ3n) is 4.60. The van der Waals surface area contributed by atoms with Crippen LogP contribution < -0.4 is 5.32 Å². The molecule has 0 spiro atoms. The van der Waals surface area contributed by atoms with Crippen molar-refractivity contribution in [2.75, 3.05) is 11.9 Å². The molecule has 0 saturated carbocycles. The summed E-state index contributed by atoms with van der Waals surface area (Å²) in [4.78, 5) is 26.2. The minimum Gasteiger partial charge on any atom is -0.444 e. The number of fused-ring (bicyclic) bond motifs is 1. The Hall–Kier alpha value is -2.83. The topological polar surface area (TPSA) is 87.3 Å². The van der Waals surface area contributed by atoms with Gasteiger partial charge < -0.3 is 15.0 Å². The molecule has 0 atom stereocenters. The molecule has 0 bridgehead atoms. The maximum atomic E-state index is 12.3. The number of hydrogen-bond donors (Lipinski definition) is 2. The summed E-state index contributed by atoms with van der Waals surface area (Å²) < 4.78 is 5.43. The quantitative estimate of drug-likeness (QED) is 0.843. The minimum atomic E-state index is -0.526. The summed E-state index contributed by atoms with van der Waals surface area (Å²) in [6.45, 7) is 8.52. The number of aromatic amines is 1. The number of carbonyl (C=O) groups is 2. The Morgan fingerprint density at radius 3 is 2.64 bits per heavy atom. The molecule has 0 aliphatic carbocycles. The number of rotatable bonds is 4. The number of H-pyrrole nitrogens is 1. The zero-order valence-corrected chi connectivity index (χ0v) is 17.0. The molecule has 0 radical (unpaired) electrons. The number of aromatic nitrogens is 2. The van der Waals surface area contributed by atoms with Crippen molar-refractivity contribution >= 4 is 17.8 Å². The van der Waals surface area contributed by atoms with Crippen LogP contribution in [0.2, 0.25) is 0 Å². The first kappa shape index (κ1) is 19.9. The highest BCUT2D eigenvalue weighted by atomic mass is 16.6. The number of carbonyl (C=O) groups excluding carboxylic acids is 2. The van der Waals surface area contributed by atoms with Gasteiger partial charge >= 0.3 is 6.09 Å². The van der Waals surface area contributed by atoms with Gasteiger partial charge in [0.2, 0.25) is 5.91 Å². The molecular formula is C21H28N4O3. The molecule has 3 rings (SSSR count). The number of hydrogen-bond acceptors (Lipinski definition) is 4. The van der Waals surface area contributed by atoms with Gasteiger partial charge in [0.25, 0.3) is 0 Å². The predicted molar refractivity (Wildman–Crippen MR) is 107 cm³/mol. The molecule has 7 nitrogen and oxygen atoms in total. The molecule has 1 aromatic heterocycles. The Morgan fingerprint density at radius 1 is 1.25 bits per heavy atom. The number of aryl methyl sites for hydroxylation is 2. The van der Waals surface area contributed by atoms with Crippen LogP contribution in [0.4, 0.5) is 10.6 Å². The van der Waals surface area contributed by atoms with Gasteiger partial charge in [0.05, 0.1) is 12.2 Å². The van der Waals surface area contributed by atoms with E-state index in [0.29, 0.717) is 38.2 Å². The molecular weight excluding hydrogens is 356 g/mol. The molecule has 28 heavy (non-hydrogen) atoms. The van der Waals surface area contributed by atoms with Crippen LogP contribution in [0.15, 0.2) is 24.3 Å². The van der Waals surface area contributed by atoms with Gasteiger partial charge in [-0.2, -0.15) is 5.10 Å². The molecule has 2 aromatic rings. The van der Waals surface area contributed by atoms with Crippen LogP contribution in [0.1, 0.15) is 49.6 Å². The van der Waals surface area contributed by atoms with Crippen molar-refractivity contribution in [2.24, 2.45) is 0 Å². The highest BCUT2D eigenvalue weighted by molar-refractivity contribution is 5.90.